The third-order valence-corrected chi connectivity index (χ3v) is 5.40. The Labute approximate surface area is 188 Å². The van der Waals surface area contributed by atoms with Crippen molar-refractivity contribution in [1.29, 1.82) is 0 Å². The topological polar surface area (TPSA) is 85.8 Å². The molecule has 0 aliphatic heterocycles. The van der Waals surface area contributed by atoms with E-state index in [1.807, 2.05) is 53.2 Å². The molecule has 0 unspecified atom stereocenters. The summed E-state index contributed by atoms with van der Waals surface area (Å²) in [6.45, 7) is 0.494. The monoisotopic (exact) mass is 443 g/mol. The first-order valence-corrected chi connectivity index (χ1v) is 10.4. The molecular formula is C24H18ClN5O2. The molecule has 0 saturated heterocycles. The molecule has 5 rings (SSSR count). The number of hydrogen-bond donors (Lipinski definition) is 1. The van der Waals surface area contributed by atoms with Crippen molar-refractivity contribution in [3.05, 3.63) is 94.6 Å². The predicted molar refractivity (Wildman–Crippen MR) is 124 cm³/mol. The van der Waals surface area contributed by atoms with E-state index < -0.39 is 0 Å². The minimum Gasteiger partial charge on any atom is -0.395 e. The van der Waals surface area contributed by atoms with Crippen LogP contribution in [-0.2, 0) is 6.54 Å². The van der Waals surface area contributed by atoms with Crippen molar-refractivity contribution >= 4 is 22.5 Å². The summed E-state index contributed by atoms with van der Waals surface area (Å²) in [5.74, 6) is 1.68. The fourth-order valence-electron chi connectivity index (χ4n) is 3.67. The first-order valence-electron chi connectivity index (χ1n) is 10.0. The van der Waals surface area contributed by atoms with Gasteiger partial charge in [0, 0.05) is 36.3 Å². The van der Waals surface area contributed by atoms with Gasteiger partial charge in [0.1, 0.15) is 17.5 Å². The molecule has 2 aromatic carbocycles. The first-order chi connectivity index (χ1) is 15.7. The normalized spacial score (nSPS) is 11.2. The molecule has 7 nitrogen and oxygen atoms in total. The number of para-hydroxylation sites is 1. The van der Waals surface area contributed by atoms with Crippen molar-refractivity contribution < 1.29 is 5.11 Å². The van der Waals surface area contributed by atoms with Crippen molar-refractivity contribution in [1.82, 2.24) is 24.1 Å². The van der Waals surface area contributed by atoms with Crippen molar-refractivity contribution in [3.63, 3.8) is 0 Å². The summed E-state index contributed by atoms with van der Waals surface area (Å²) < 4.78 is 3.39. The number of nitrogens with zero attached hydrogens (tertiary/aromatic N) is 5. The van der Waals surface area contributed by atoms with E-state index in [0.717, 1.165) is 17.0 Å². The van der Waals surface area contributed by atoms with Gasteiger partial charge in [-0.15, -0.1) is 0 Å². The fraction of sp³-hybridized carbons (Fsp3) is 0.0833. The van der Waals surface area contributed by atoms with Gasteiger partial charge >= 0.3 is 0 Å². The average molecular weight is 444 g/mol. The summed E-state index contributed by atoms with van der Waals surface area (Å²) in [5, 5.41) is 10.3. The third kappa shape index (κ3) is 3.57. The van der Waals surface area contributed by atoms with Gasteiger partial charge in [-0.1, -0.05) is 48.0 Å². The fourth-order valence-corrected chi connectivity index (χ4v) is 3.78. The Balaban J connectivity index is 1.68. The van der Waals surface area contributed by atoms with Crippen LogP contribution in [0.2, 0.25) is 5.02 Å². The smallest absolute Gasteiger partial charge is 0.267 e. The maximum Gasteiger partial charge on any atom is 0.267 e. The maximum absolute atomic E-state index is 13.4. The molecule has 5 aromatic rings. The summed E-state index contributed by atoms with van der Waals surface area (Å²) >= 11 is 6.00. The van der Waals surface area contributed by atoms with Gasteiger partial charge in [0.25, 0.3) is 5.56 Å². The minimum absolute atomic E-state index is 0.0306. The van der Waals surface area contributed by atoms with Gasteiger partial charge in [0.05, 0.1) is 22.5 Å². The van der Waals surface area contributed by atoms with Gasteiger partial charge in [-0.05, 0) is 24.3 Å². The van der Waals surface area contributed by atoms with Crippen LogP contribution in [0, 0.1) is 0 Å². The van der Waals surface area contributed by atoms with Crippen molar-refractivity contribution in [3.8, 4) is 28.6 Å². The van der Waals surface area contributed by atoms with E-state index in [4.69, 9.17) is 16.6 Å². The lowest BCUT2D eigenvalue weighted by molar-refractivity contribution is 0.276. The Hall–Kier alpha value is -3.81. The lowest BCUT2D eigenvalue weighted by Gasteiger charge is -2.14. The van der Waals surface area contributed by atoms with E-state index in [2.05, 4.69) is 9.97 Å². The van der Waals surface area contributed by atoms with Crippen molar-refractivity contribution in [2.24, 2.45) is 0 Å². The number of halogens is 1. The van der Waals surface area contributed by atoms with Crippen molar-refractivity contribution in [2.45, 2.75) is 6.54 Å². The molecule has 0 bridgehead atoms. The van der Waals surface area contributed by atoms with E-state index in [9.17, 15) is 9.90 Å². The van der Waals surface area contributed by atoms with Crippen LogP contribution in [-0.4, -0.2) is 35.8 Å². The molecule has 0 fully saturated rings. The highest BCUT2D eigenvalue weighted by Crippen LogP contribution is 2.25. The van der Waals surface area contributed by atoms with Gasteiger partial charge in [0.2, 0.25) is 0 Å². The quantitative estimate of drug-likeness (QED) is 0.444. The summed E-state index contributed by atoms with van der Waals surface area (Å²) in [6.07, 6.45) is 5.04. The SMILES string of the molecule is O=c1c2ccccc2nc(-c2ccc(-c3nccn3CCO)cc2)n1-c1ccc(Cl)cn1. The summed E-state index contributed by atoms with van der Waals surface area (Å²) in [7, 11) is 0. The van der Waals surface area contributed by atoms with Crippen LogP contribution in [0.4, 0.5) is 0 Å². The van der Waals surface area contributed by atoms with Gasteiger partial charge in [-0.2, -0.15) is 0 Å². The van der Waals surface area contributed by atoms with Gasteiger partial charge in [0.15, 0.2) is 0 Å². The lowest BCUT2D eigenvalue weighted by Crippen LogP contribution is -2.22. The van der Waals surface area contributed by atoms with E-state index in [0.29, 0.717) is 34.1 Å². The van der Waals surface area contributed by atoms with Gasteiger partial charge < -0.3 is 9.67 Å². The molecule has 3 heterocycles. The van der Waals surface area contributed by atoms with Crippen LogP contribution in [0.5, 0.6) is 0 Å². The molecule has 0 aliphatic rings. The van der Waals surface area contributed by atoms with Crippen LogP contribution in [0.1, 0.15) is 0 Å². The Morgan fingerprint density at radius 3 is 2.38 bits per heavy atom. The number of aliphatic hydroxyl groups excluding tert-OH is 1. The Morgan fingerprint density at radius 1 is 0.906 bits per heavy atom. The molecule has 0 radical (unpaired) electrons. The lowest BCUT2D eigenvalue weighted by atomic mass is 10.1. The number of imidazole rings is 1. The Morgan fingerprint density at radius 2 is 1.66 bits per heavy atom. The van der Waals surface area contributed by atoms with Gasteiger partial charge in [-0.25, -0.2) is 19.5 Å². The molecule has 0 atom stereocenters. The van der Waals surface area contributed by atoms with Crippen LogP contribution >= 0.6 is 11.6 Å². The van der Waals surface area contributed by atoms with Crippen LogP contribution < -0.4 is 5.56 Å². The molecule has 8 heteroatoms. The van der Waals surface area contributed by atoms with E-state index in [1.54, 1.807) is 24.4 Å². The third-order valence-electron chi connectivity index (χ3n) is 5.17. The number of rotatable bonds is 5. The van der Waals surface area contributed by atoms with Gasteiger partial charge in [-0.3, -0.25) is 4.79 Å². The van der Waals surface area contributed by atoms with E-state index in [1.165, 1.54) is 10.8 Å². The number of hydrogen-bond acceptors (Lipinski definition) is 5. The summed E-state index contributed by atoms with van der Waals surface area (Å²) in [4.78, 5) is 26.9. The number of benzene rings is 2. The zero-order chi connectivity index (χ0) is 22.1. The number of aliphatic hydroxyl groups is 1. The van der Waals surface area contributed by atoms with Crippen LogP contribution in [0.25, 0.3) is 39.5 Å². The molecule has 3 aromatic heterocycles. The minimum atomic E-state index is -0.206. The largest absolute Gasteiger partial charge is 0.395 e. The average Bonchev–Trinajstić information content (AvgIpc) is 3.28. The number of aromatic nitrogens is 5. The molecule has 0 amide bonds. The van der Waals surface area contributed by atoms with E-state index >= 15 is 0 Å². The number of pyridine rings is 1. The second-order valence-corrected chi connectivity index (χ2v) is 7.61. The standard InChI is InChI=1S/C24H18ClN5O2/c25-18-9-10-21(27-15-18)30-23(28-20-4-2-1-3-19(20)24(30)32)17-7-5-16(6-8-17)22-26-11-12-29(22)13-14-31/h1-12,15,31H,13-14H2. The molecule has 1 N–H and O–H groups in total. The van der Waals surface area contributed by atoms with Crippen LogP contribution in [0.3, 0.4) is 0 Å². The highest BCUT2D eigenvalue weighted by Gasteiger charge is 2.16. The highest BCUT2D eigenvalue weighted by atomic mass is 35.5. The Kier molecular flexibility index (Phi) is 5.26. The first kappa shape index (κ1) is 20.1. The molecular weight excluding hydrogens is 426 g/mol. The summed E-state index contributed by atoms with van der Waals surface area (Å²) in [6, 6.07) is 18.3. The van der Waals surface area contributed by atoms with Crippen molar-refractivity contribution in [2.75, 3.05) is 6.61 Å². The number of fused-ring (bicyclic) bond motifs is 1. The Bertz CT molecular complexity index is 1460. The van der Waals surface area contributed by atoms with E-state index in [-0.39, 0.29) is 12.2 Å². The molecule has 0 spiro atoms. The molecule has 0 saturated carbocycles. The second kappa shape index (κ2) is 8.37. The highest BCUT2D eigenvalue weighted by molar-refractivity contribution is 6.30. The second-order valence-electron chi connectivity index (χ2n) is 7.17. The summed E-state index contributed by atoms with van der Waals surface area (Å²) in [5.41, 5.74) is 2.06. The predicted octanol–water partition coefficient (Wildman–Crippen LogP) is 3.96. The molecule has 0 aliphatic carbocycles. The van der Waals surface area contributed by atoms with Crippen LogP contribution in [0.15, 0.2) is 84.0 Å². The molecule has 158 valence electrons. The zero-order valence-corrected chi connectivity index (χ0v) is 17.6. The molecule has 32 heavy (non-hydrogen) atoms. The zero-order valence-electron chi connectivity index (χ0n) is 16.9. The maximum atomic E-state index is 13.4.